The van der Waals surface area contributed by atoms with E-state index in [2.05, 4.69) is 31.8 Å². The van der Waals surface area contributed by atoms with E-state index < -0.39 is 7.69 Å². The predicted molar refractivity (Wildman–Crippen MR) is 91.3 cm³/mol. The fourth-order valence-electron chi connectivity index (χ4n) is 2.75. The van der Waals surface area contributed by atoms with Crippen LogP contribution >= 0.6 is 7.69 Å². The summed E-state index contributed by atoms with van der Waals surface area (Å²) < 4.78 is 4.67. The van der Waals surface area contributed by atoms with Crippen LogP contribution in [0.1, 0.15) is 10.9 Å². The normalized spacial score (nSPS) is 12.0. The lowest BCUT2D eigenvalue weighted by atomic mass is 10.1. The van der Waals surface area contributed by atoms with Gasteiger partial charge < -0.3 is 10.1 Å². The van der Waals surface area contributed by atoms with E-state index in [4.69, 9.17) is 0 Å². The molecule has 1 unspecified atom stereocenters. The van der Waals surface area contributed by atoms with Crippen LogP contribution in [0.15, 0.2) is 55.1 Å². The molecule has 0 aliphatic rings. The molecule has 4 rings (SSSR count). The molecule has 0 bridgehead atoms. The third-order valence-corrected chi connectivity index (χ3v) is 5.95. The van der Waals surface area contributed by atoms with Crippen LogP contribution in [-0.2, 0) is 12.8 Å². The molecule has 5 nitrogen and oxygen atoms in total. The lowest BCUT2D eigenvalue weighted by Gasteiger charge is -2.05. The molecule has 0 saturated carbocycles. The Balaban J connectivity index is 1.80. The van der Waals surface area contributed by atoms with E-state index >= 15 is 0 Å². The van der Waals surface area contributed by atoms with Crippen LogP contribution < -0.4 is 0 Å². The number of H-pyrrole nitrogens is 1. The molecule has 0 aliphatic carbocycles. The van der Waals surface area contributed by atoms with Crippen LogP contribution in [0.3, 0.4) is 0 Å². The molecular formula is C17H15N4OP. The largest absolute Gasteiger partial charge is 0.391 e. The monoisotopic (exact) mass is 322 g/mol. The summed E-state index contributed by atoms with van der Waals surface area (Å²) in [6.45, 7) is 0.00376. The van der Waals surface area contributed by atoms with E-state index in [0.29, 0.717) is 0 Å². The van der Waals surface area contributed by atoms with Gasteiger partial charge in [0.25, 0.3) is 0 Å². The van der Waals surface area contributed by atoms with E-state index in [0.717, 1.165) is 33.7 Å². The SMILES string of the molecule is OCc1c(-c2ncnc3[nH]ccc23)cnp1Cc1ccccc1. The summed E-state index contributed by atoms with van der Waals surface area (Å²) in [5, 5.41) is 11.8. The highest BCUT2D eigenvalue weighted by molar-refractivity contribution is 7.46. The zero-order chi connectivity index (χ0) is 15.6. The van der Waals surface area contributed by atoms with Gasteiger partial charge in [-0.1, -0.05) is 30.3 Å². The quantitative estimate of drug-likeness (QED) is 0.602. The predicted octanol–water partition coefficient (Wildman–Crippen LogP) is 3.55. The van der Waals surface area contributed by atoms with Gasteiger partial charge in [0.05, 0.1) is 12.3 Å². The first-order valence-electron chi connectivity index (χ1n) is 7.35. The molecule has 0 radical (unpaired) electrons. The first kappa shape index (κ1) is 14.1. The Bertz CT molecular complexity index is 946. The maximum atomic E-state index is 9.90. The number of hydrogen-bond donors (Lipinski definition) is 2. The first-order chi connectivity index (χ1) is 11.4. The van der Waals surface area contributed by atoms with Crippen LogP contribution in [0.5, 0.6) is 0 Å². The lowest BCUT2D eigenvalue weighted by Crippen LogP contribution is -1.90. The number of hydrogen-bond acceptors (Lipinski definition) is 4. The molecule has 1 atom stereocenters. The fourth-order valence-corrected chi connectivity index (χ4v) is 4.58. The molecule has 3 heterocycles. The molecule has 2 N–H and O–H groups in total. The van der Waals surface area contributed by atoms with E-state index in [9.17, 15) is 5.11 Å². The molecule has 0 saturated heterocycles. The van der Waals surface area contributed by atoms with Crippen LogP contribution in [0.25, 0.3) is 22.3 Å². The Morgan fingerprint density at radius 3 is 2.78 bits per heavy atom. The van der Waals surface area contributed by atoms with Crippen molar-refractivity contribution in [3.05, 3.63) is 66.0 Å². The molecule has 4 aromatic rings. The van der Waals surface area contributed by atoms with Crippen molar-refractivity contribution in [1.82, 2.24) is 19.7 Å². The minimum atomic E-state index is -0.760. The smallest absolute Gasteiger partial charge is 0.141 e. The van der Waals surface area contributed by atoms with Gasteiger partial charge in [0, 0.05) is 34.8 Å². The third kappa shape index (κ3) is 2.54. The number of nitrogens with one attached hydrogen (secondary N) is 1. The first-order valence-corrected chi connectivity index (χ1v) is 8.82. The van der Waals surface area contributed by atoms with Gasteiger partial charge in [-0.15, -0.1) is 0 Å². The Morgan fingerprint density at radius 2 is 1.96 bits per heavy atom. The maximum absolute atomic E-state index is 9.90. The summed E-state index contributed by atoms with van der Waals surface area (Å²) >= 11 is 0. The number of benzene rings is 1. The second kappa shape index (κ2) is 5.95. The highest BCUT2D eigenvalue weighted by Gasteiger charge is 2.17. The van der Waals surface area contributed by atoms with Crippen molar-refractivity contribution < 1.29 is 5.11 Å². The van der Waals surface area contributed by atoms with Gasteiger partial charge in [-0.25, -0.2) is 14.7 Å². The van der Waals surface area contributed by atoms with E-state index in [1.807, 2.05) is 36.7 Å². The van der Waals surface area contributed by atoms with E-state index in [1.165, 1.54) is 5.56 Å². The van der Waals surface area contributed by atoms with E-state index in [1.54, 1.807) is 6.33 Å². The summed E-state index contributed by atoms with van der Waals surface area (Å²) in [7, 11) is -0.760. The molecule has 0 fully saturated rings. The highest BCUT2D eigenvalue weighted by Crippen LogP contribution is 2.41. The summed E-state index contributed by atoms with van der Waals surface area (Å²) in [5.74, 6) is 0. The number of aromatic nitrogens is 4. The molecule has 0 amide bonds. The molecule has 0 spiro atoms. The number of nitrogens with zero attached hydrogens (tertiary/aromatic N) is 3. The van der Waals surface area contributed by atoms with Gasteiger partial charge in [-0.05, 0) is 19.3 Å². The van der Waals surface area contributed by atoms with Crippen molar-refractivity contribution in [1.29, 1.82) is 0 Å². The third-order valence-electron chi connectivity index (χ3n) is 3.88. The second-order valence-corrected chi connectivity index (χ2v) is 7.15. The van der Waals surface area contributed by atoms with Crippen molar-refractivity contribution >= 4 is 18.7 Å². The average Bonchev–Trinajstić information content (AvgIpc) is 3.22. The number of fused-ring (bicyclic) bond motifs is 1. The van der Waals surface area contributed by atoms with Crippen LogP contribution in [-0.4, -0.2) is 24.8 Å². The molecule has 23 heavy (non-hydrogen) atoms. The van der Waals surface area contributed by atoms with Gasteiger partial charge >= 0.3 is 0 Å². The Labute approximate surface area is 134 Å². The minimum Gasteiger partial charge on any atom is -0.391 e. The minimum absolute atomic E-state index is 0.00376. The zero-order valence-electron chi connectivity index (χ0n) is 12.3. The van der Waals surface area contributed by atoms with Crippen LogP contribution in [0, 0.1) is 0 Å². The average molecular weight is 322 g/mol. The lowest BCUT2D eigenvalue weighted by molar-refractivity contribution is 0.286. The van der Waals surface area contributed by atoms with Crippen LogP contribution in [0.2, 0.25) is 0 Å². The number of rotatable bonds is 4. The van der Waals surface area contributed by atoms with Crippen molar-refractivity contribution in [2.75, 3.05) is 0 Å². The van der Waals surface area contributed by atoms with Gasteiger partial charge in [0.15, 0.2) is 0 Å². The van der Waals surface area contributed by atoms with Crippen molar-refractivity contribution in [2.24, 2.45) is 0 Å². The maximum Gasteiger partial charge on any atom is 0.141 e. The van der Waals surface area contributed by atoms with Crippen molar-refractivity contribution in [3.8, 4) is 11.3 Å². The highest BCUT2D eigenvalue weighted by atomic mass is 31.1. The summed E-state index contributed by atoms with van der Waals surface area (Å²) in [6, 6.07) is 12.2. The summed E-state index contributed by atoms with van der Waals surface area (Å²) in [5.41, 5.74) is 3.80. The zero-order valence-corrected chi connectivity index (χ0v) is 13.2. The molecule has 6 heteroatoms. The number of aromatic amines is 1. The standard InChI is InChI=1S/C17H15N4OP/c22-9-15-14(16-13-6-7-18-17(13)20-11-19-16)8-21-23(15)10-12-4-2-1-3-5-12/h1-8,11,22H,9-10H2,(H,18,19,20). The van der Waals surface area contributed by atoms with Crippen LogP contribution in [0.4, 0.5) is 0 Å². The second-order valence-electron chi connectivity index (χ2n) is 5.27. The molecule has 1 aromatic carbocycles. The molecule has 3 aromatic heterocycles. The molecule has 0 aliphatic heterocycles. The number of aliphatic hydroxyl groups excluding tert-OH is 1. The summed E-state index contributed by atoms with van der Waals surface area (Å²) in [4.78, 5) is 11.7. The van der Waals surface area contributed by atoms with Gasteiger partial charge in [-0.3, -0.25) is 0 Å². The fraction of sp³-hybridized carbons (Fsp3) is 0.118. The molecule has 114 valence electrons. The van der Waals surface area contributed by atoms with Crippen molar-refractivity contribution in [2.45, 2.75) is 12.8 Å². The van der Waals surface area contributed by atoms with E-state index in [-0.39, 0.29) is 6.61 Å². The van der Waals surface area contributed by atoms with Gasteiger partial charge in [-0.2, -0.15) is 0 Å². The number of aliphatic hydroxyl groups is 1. The Hall–Kier alpha value is -2.49. The Kier molecular flexibility index (Phi) is 3.66. The molecular weight excluding hydrogens is 307 g/mol. The summed E-state index contributed by atoms with van der Waals surface area (Å²) in [6.07, 6.45) is 6.09. The topological polar surface area (TPSA) is 74.7 Å². The van der Waals surface area contributed by atoms with Gasteiger partial charge in [0.1, 0.15) is 12.0 Å². The Morgan fingerprint density at radius 1 is 1.09 bits per heavy atom. The van der Waals surface area contributed by atoms with Crippen molar-refractivity contribution in [3.63, 3.8) is 0 Å². The van der Waals surface area contributed by atoms with Gasteiger partial charge in [0.2, 0.25) is 0 Å².